The van der Waals surface area contributed by atoms with Crippen LogP contribution in [0.3, 0.4) is 0 Å². The Morgan fingerprint density at radius 1 is 1.88 bits per heavy atom. The van der Waals surface area contributed by atoms with Crippen LogP contribution in [-0.4, -0.2) is 29.0 Å². The van der Waals surface area contributed by atoms with Crippen LogP contribution in [0.2, 0.25) is 0 Å². The minimum absolute atomic E-state index is 0.194. The lowest BCUT2D eigenvalue weighted by atomic mass is 10.4. The van der Waals surface area contributed by atoms with Gasteiger partial charge in [-0.25, -0.2) is 0 Å². The highest BCUT2D eigenvalue weighted by Gasteiger charge is 2.24. The van der Waals surface area contributed by atoms with E-state index in [1.54, 1.807) is 16.7 Å². The molecule has 46 valence electrons. The lowest BCUT2D eigenvalue weighted by Crippen LogP contribution is -2.23. The third-order valence-electron chi connectivity index (χ3n) is 1.24. The molecule has 8 heavy (non-hydrogen) atoms. The summed E-state index contributed by atoms with van der Waals surface area (Å²) in [4.78, 5) is 12.6. The van der Waals surface area contributed by atoms with Crippen molar-refractivity contribution < 1.29 is 4.79 Å². The Morgan fingerprint density at radius 3 is 2.62 bits per heavy atom. The number of carbonyl (C=O) groups excluding carboxylic acids is 1. The van der Waals surface area contributed by atoms with E-state index in [9.17, 15) is 4.79 Å². The number of carbonyl (C=O) groups is 1. The maximum absolute atomic E-state index is 10.8. The number of hydrogen-bond acceptors (Lipinski definition) is 2. The molecule has 1 heterocycles. The molecule has 0 radical (unpaired) electrons. The summed E-state index contributed by atoms with van der Waals surface area (Å²) in [5, 5.41) is 0.194. The van der Waals surface area contributed by atoms with Crippen molar-refractivity contribution in [2.45, 2.75) is 12.2 Å². The minimum Gasteiger partial charge on any atom is -0.336 e. The van der Waals surface area contributed by atoms with E-state index in [4.69, 9.17) is 0 Å². The molecule has 1 amide bonds. The van der Waals surface area contributed by atoms with Gasteiger partial charge < -0.3 is 4.90 Å². The largest absolute Gasteiger partial charge is 0.336 e. The van der Waals surface area contributed by atoms with E-state index in [1.807, 2.05) is 14.0 Å². The Kier molecular flexibility index (Phi) is 1.47. The van der Waals surface area contributed by atoms with E-state index in [-0.39, 0.29) is 11.2 Å². The lowest BCUT2D eigenvalue weighted by molar-refractivity contribution is -0.127. The van der Waals surface area contributed by atoms with E-state index in [1.165, 1.54) is 0 Å². The number of nitrogens with zero attached hydrogens (tertiary/aromatic N) is 1. The third kappa shape index (κ3) is 0.823. The molecule has 1 aliphatic rings. The highest BCUT2D eigenvalue weighted by Crippen LogP contribution is 2.20. The van der Waals surface area contributed by atoms with Crippen molar-refractivity contribution in [1.29, 1.82) is 0 Å². The lowest BCUT2D eigenvalue weighted by Gasteiger charge is -2.03. The molecule has 1 fully saturated rings. The molecule has 0 aromatic carbocycles. The maximum Gasteiger partial charge on any atom is 0.235 e. The minimum atomic E-state index is 0.194. The van der Waals surface area contributed by atoms with Gasteiger partial charge in [-0.3, -0.25) is 4.79 Å². The molecule has 0 bridgehead atoms. The first-order valence-corrected chi connectivity index (χ1v) is 3.63. The van der Waals surface area contributed by atoms with Crippen LogP contribution < -0.4 is 0 Å². The zero-order valence-electron chi connectivity index (χ0n) is 5.05. The van der Waals surface area contributed by atoms with Crippen molar-refractivity contribution in [1.82, 2.24) is 4.90 Å². The van der Waals surface area contributed by atoms with Crippen LogP contribution in [0.5, 0.6) is 0 Å². The Balaban J connectivity index is 2.57. The van der Waals surface area contributed by atoms with Gasteiger partial charge in [-0.1, -0.05) is 0 Å². The topological polar surface area (TPSA) is 20.3 Å². The normalized spacial score (nSPS) is 29.5. The molecule has 0 aliphatic carbocycles. The monoisotopic (exact) mass is 131 g/mol. The highest BCUT2D eigenvalue weighted by atomic mass is 32.2. The summed E-state index contributed by atoms with van der Waals surface area (Å²) in [6.45, 7) is 1.94. The van der Waals surface area contributed by atoms with Crippen molar-refractivity contribution in [3.8, 4) is 0 Å². The molecule has 1 rings (SSSR count). The first kappa shape index (κ1) is 5.95. The average Bonchev–Trinajstić information content (AvgIpc) is 1.98. The zero-order chi connectivity index (χ0) is 6.15. The predicted octanol–water partition coefficient (Wildman–Crippen LogP) is 0.538. The fourth-order valence-corrected chi connectivity index (χ4v) is 1.57. The van der Waals surface area contributed by atoms with Crippen LogP contribution in [0.25, 0.3) is 0 Å². The van der Waals surface area contributed by atoms with E-state index in [0.29, 0.717) is 0 Å². The third-order valence-corrected chi connectivity index (χ3v) is 2.48. The maximum atomic E-state index is 10.8. The van der Waals surface area contributed by atoms with Crippen molar-refractivity contribution >= 4 is 17.7 Å². The molecule has 2 nitrogen and oxygen atoms in total. The molecule has 0 spiro atoms. The fourth-order valence-electron chi connectivity index (χ4n) is 0.669. The summed E-state index contributed by atoms with van der Waals surface area (Å²) in [5.74, 6) is 1.12. The van der Waals surface area contributed by atoms with Gasteiger partial charge in [0.25, 0.3) is 0 Å². The number of amides is 1. The molecule has 0 aromatic heterocycles. The second-order valence-electron chi connectivity index (χ2n) is 1.97. The van der Waals surface area contributed by atoms with Crippen LogP contribution in [0.1, 0.15) is 6.92 Å². The SMILES string of the molecule is CC1SCN(C)C1=O. The summed E-state index contributed by atoms with van der Waals surface area (Å²) in [6, 6.07) is 0. The molecule has 1 atom stereocenters. The Labute approximate surface area is 53.2 Å². The van der Waals surface area contributed by atoms with E-state index < -0.39 is 0 Å². The number of hydrogen-bond donors (Lipinski definition) is 0. The van der Waals surface area contributed by atoms with Crippen molar-refractivity contribution in [3.05, 3.63) is 0 Å². The summed E-state index contributed by atoms with van der Waals surface area (Å²) >= 11 is 1.69. The quantitative estimate of drug-likeness (QED) is 0.478. The molecule has 1 unspecified atom stereocenters. The van der Waals surface area contributed by atoms with Gasteiger partial charge in [0.2, 0.25) is 5.91 Å². The summed E-state index contributed by atoms with van der Waals surface area (Å²) in [5.41, 5.74) is 0. The van der Waals surface area contributed by atoms with Gasteiger partial charge >= 0.3 is 0 Å². The molecule has 0 saturated carbocycles. The number of rotatable bonds is 0. The van der Waals surface area contributed by atoms with Gasteiger partial charge in [0, 0.05) is 7.05 Å². The van der Waals surface area contributed by atoms with Crippen LogP contribution in [-0.2, 0) is 4.79 Å². The highest BCUT2D eigenvalue weighted by molar-refractivity contribution is 8.01. The molecule has 0 aromatic rings. The van der Waals surface area contributed by atoms with Crippen LogP contribution in [0.15, 0.2) is 0 Å². The molecule has 1 saturated heterocycles. The van der Waals surface area contributed by atoms with Crippen molar-refractivity contribution in [2.24, 2.45) is 0 Å². The fraction of sp³-hybridized carbons (Fsp3) is 0.800. The standard InChI is InChI=1S/C5H9NOS/c1-4-5(7)6(2)3-8-4/h4H,3H2,1-2H3. The molecule has 3 heteroatoms. The number of thioether (sulfide) groups is 1. The molecular formula is C5H9NOS. The van der Waals surface area contributed by atoms with Gasteiger partial charge in [0.15, 0.2) is 0 Å². The van der Waals surface area contributed by atoms with Gasteiger partial charge in [-0.05, 0) is 6.92 Å². The smallest absolute Gasteiger partial charge is 0.235 e. The molecule has 0 N–H and O–H groups in total. The summed E-state index contributed by atoms with van der Waals surface area (Å²) in [6.07, 6.45) is 0. The first-order valence-electron chi connectivity index (χ1n) is 2.58. The Hall–Kier alpha value is -0.180. The van der Waals surface area contributed by atoms with Crippen LogP contribution >= 0.6 is 11.8 Å². The molecular weight excluding hydrogens is 122 g/mol. The zero-order valence-corrected chi connectivity index (χ0v) is 5.86. The van der Waals surface area contributed by atoms with Gasteiger partial charge in [0.05, 0.1) is 11.1 Å². The molecule has 1 aliphatic heterocycles. The van der Waals surface area contributed by atoms with Crippen molar-refractivity contribution in [2.75, 3.05) is 12.9 Å². The van der Waals surface area contributed by atoms with Crippen molar-refractivity contribution in [3.63, 3.8) is 0 Å². The van der Waals surface area contributed by atoms with Gasteiger partial charge in [-0.2, -0.15) is 0 Å². The van der Waals surface area contributed by atoms with E-state index >= 15 is 0 Å². The summed E-state index contributed by atoms with van der Waals surface area (Å²) in [7, 11) is 1.83. The van der Waals surface area contributed by atoms with Gasteiger partial charge in [0.1, 0.15) is 0 Å². The second kappa shape index (κ2) is 1.97. The van der Waals surface area contributed by atoms with E-state index in [0.717, 1.165) is 5.88 Å². The van der Waals surface area contributed by atoms with Gasteiger partial charge in [-0.15, -0.1) is 11.8 Å². The van der Waals surface area contributed by atoms with Crippen LogP contribution in [0.4, 0.5) is 0 Å². The summed E-state index contributed by atoms with van der Waals surface area (Å²) < 4.78 is 0. The van der Waals surface area contributed by atoms with Crippen LogP contribution in [0, 0.1) is 0 Å². The average molecular weight is 131 g/mol. The second-order valence-corrected chi connectivity index (χ2v) is 3.27. The Morgan fingerprint density at radius 2 is 2.50 bits per heavy atom. The van der Waals surface area contributed by atoms with E-state index in [2.05, 4.69) is 0 Å². The predicted molar refractivity (Wildman–Crippen MR) is 34.7 cm³/mol. The first-order chi connectivity index (χ1) is 3.72. The Bertz CT molecular complexity index is 103.